The molecule has 0 aliphatic carbocycles. The largest absolute Gasteiger partial charge is 0.293 e. The summed E-state index contributed by atoms with van der Waals surface area (Å²) in [6.45, 7) is 1.83. The number of carbonyl (C=O) groups is 2. The zero-order valence-electron chi connectivity index (χ0n) is 16.1. The van der Waals surface area contributed by atoms with Crippen molar-refractivity contribution in [2.24, 2.45) is 0 Å². The molecule has 0 fully saturated rings. The third-order valence-electron chi connectivity index (χ3n) is 4.48. The van der Waals surface area contributed by atoms with Gasteiger partial charge in [-0.3, -0.25) is 18.7 Å². The Hall–Kier alpha value is -2.76. The molecule has 0 aliphatic rings. The maximum absolute atomic E-state index is 13.5. The topological polar surface area (TPSA) is 54.5 Å². The number of hydrogen-bond donors (Lipinski definition) is 0. The lowest BCUT2D eigenvalue weighted by atomic mass is 10.0. The van der Waals surface area contributed by atoms with Crippen LogP contribution in [0.15, 0.2) is 72.8 Å². The number of Topliss-reactive ketones (excluding diaryl/α,β-unsaturated/α-hetero) is 1. The van der Waals surface area contributed by atoms with Gasteiger partial charge in [-0.2, -0.15) is 0 Å². The number of anilines is 2. The van der Waals surface area contributed by atoms with Crippen molar-refractivity contribution in [1.29, 1.82) is 0 Å². The molecule has 6 heteroatoms. The van der Waals surface area contributed by atoms with Gasteiger partial charge < -0.3 is 0 Å². The smallest absolute Gasteiger partial charge is 0.262 e. The van der Waals surface area contributed by atoms with E-state index >= 15 is 0 Å². The standard InChI is InChI=1S/C23H20ClNO3S/c1-16-19(24)12-8-14-20(16)25(23(27)17-9-4-3-5-10-17)21-13-7-6-11-18(21)22(26)15-29(2)28/h3-14H,15H2,1-2H3. The third-order valence-corrected chi connectivity index (χ3v) is 5.56. The lowest BCUT2D eigenvalue weighted by Crippen LogP contribution is -2.29. The minimum absolute atomic E-state index is 0.112. The highest BCUT2D eigenvalue weighted by molar-refractivity contribution is 7.85. The minimum atomic E-state index is -1.29. The summed E-state index contributed by atoms with van der Waals surface area (Å²) < 4.78 is 11.6. The molecule has 148 valence electrons. The molecule has 0 radical (unpaired) electrons. The fourth-order valence-corrected chi connectivity index (χ4v) is 3.76. The van der Waals surface area contributed by atoms with Crippen LogP contribution in [0.5, 0.6) is 0 Å². The molecule has 0 saturated heterocycles. The summed E-state index contributed by atoms with van der Waals surface area (Å²) in [4.78, 5) is 27.8. The Labute approximate surface area is 177 Å². The molecule has 3 aromatic rings. The van der Waals surface area contributed by atoms with Crippen LogP contribution < -0.4 is 4.90 Å². The van der Waals surface area contributed by atoms with Crippen molar-refractivity contribution in [2.75, 3.05) is 16.9 Å². The molecule has 0 bridgehead atoms. The Bertz CT molecular complexity index is 1080. The van der Waals surface area contributed by atoms with Gasteiger partial charge in [0.05, 0.1) is 17.1 Å². The number of ketones is 1. The van der Waals surface area contributed by atoms with Crippen molar-refractivity contribution in [3.63, 3.8) is 0 Å². The van der Waals surface area contributed by atoms with Crippen LogP contribution >= 0.6 is 11.6 Å². The van der Waals surface area contributed by atoms with E-state index in [1.54, 1.807) is 66.7 Å². The first kappa shape index (κ1) is 21.0. The molecule has 0 saturated carbocycles. The number of carbonyl (C=O) groups excluding carboxylic acids is 2. The highest BCUT2D eigenvalue weighted by atomic mass is 35.5. The number of hydrogen-bond acceptors (Lipinski definition) is 3. The summed E-state index contributed by atoms with van der Waals surface area (Å²) in [6, 6.07) is 21.0. The molecular weight excluding hydrogens is 406 g/mol. The Morgan fingerprint density at radius 3 is 2.21 bits per heavy atom. The number of benzene rings is 3. The predicted octanol–water partition coefficient (Wildman–Crippen LogP) is 5.19. The molecule has 3 rings (SSSR count). The molecule has 1 atom stereocenters. The van der Waals surface area contributed by atoms with Crippen molar-refractivity contribution in [3.05, 3.63) is 94.5 Å². The summed E-state index contributed by atoms with van der Waals surface area (Å²) >= 11 is 6.32. The van der Waals surface area contributed by atoms with Crippen molar-refractivity contribution in [2.45, 2.75) is 6.92 Å². The van der Waals surface area contributed by atoms with Gasteiger partial charge in [0.1, 0.15) is 0 Å². The van der Waals surface area contributed by atoms with E-state index in [-0.39, 0.29) is 17.4 Å². The average molecular weight is 426 g/mol. The van der Waals surface area contributed by atoms with E-state index in [0.29, 0.717) is 27.5 Å². The molecule has 0 aliphatic heterocycles. The van der Waals surface area contributed by atoms with E-state index in [9.17, 15) is 13.8 Å². The number of nitrogens with zero attached hydrogens (tertiary/aromatic N) is 1. The van der Waals surface area contributed by atoms with Gasteiger partial charge in [-0.05, 0) is 48.9 Å². The fraction of sp³-hybridized carbons (Fsp3) is 0.130. The number of para-hydroxylation sites is 1. The van der Waals surface area contributed by atoms with Crippen LogP contribution in [0, 0.1) is 6.92 Å². The van der Waals surface area contributed by atoms with E-state index in [1.165, 1.54) is 11.2 Å². The average Bonchev–Trinajstić information content (AvgIpc) is 2.71. The van der Waals surface area contributed by atoms with Gasteiger partial charge >= 0.3 is 0 Å². The van der Waals surface area contributed by atoms with Gasteiger partial charge in [0, 0.05) is 33.2 Å². The van der Waals surface area contributed by atoms with Crippen molar-refractivity contribution in [1.82, 2.24) is 0 Å². The predicted molar refractivity (Wildman–Crippen MR) is 119 cm³/mol. The van der Waals surface area contributed by atoms with Crippen LogP contribution in [0.3, 0.4) is 0 Å². The molecular formula is C23H20ClNO3S. The zero-order chi connectivity index (χ0) is 21.0. The summed E-state index contributed by atoms with van der Waals surface area (Å²) in [5, 5.41) is 0.520. The Morgan fingerprint density at radius 1 is 0.897 bits per heavy atom. The first-order valence-electron chi connectivity index (χ1n) is 8.97. The van der Waals surface area contributed by atoms with Gasteiger partial charge in [0.25, 0.3) is 5.91 Å². The van der Waals surface area contributed by atoms with Gasteiger partial charge in [0.15, 0.2) is 5.78 Å². The van der Waals surface area contributed by atoms with Crippen molar-refractivity contribution >= 4 is 45.5 Å². The Morgan fingerprint density at radius 2 is 1.52 bits per heavy atom. The molecule has 29 heavy (non-hydrogen) atoms. The molecule has 1 unspecified atom stereocenters. The normalized spacial score (nSPS) is 11.7. The molecule has 0 aromatic heterocycles. The first-order valence-corrected chi connectivity index (χ1v) is 11.1. The van der Waals surface area contributed by atoms with Crippen LogP contribution in [-0.2, 0) is 10.8 Å². The van der Waals surface area contributed by atoms with E-state index in [0.717, 1.165) is 5.56 Å². The monoisotopic (exact) mass is 425 g/mol. The van der Waals surface area contributed by atoms with Gasteiger partial charge in [-0.15, -0.1) is 0 Å². The first-order chi connectivity index (χ1) is 13.9. The van der Waals surface area contributed by atoms with Crippen LogP contribution in [0.2, 0.25) is 5.02 Å². The van der Waals surface area contributed by atoms with Crippen molar-refractivity contribution in [3.8, 4) is 0 Å². The lowest BCUT2D eigenvalue weighted by molar-refractivity contribution is 0.0999. The molecule has 0 N–H and O–H groups in total. The van der Waals surface area contributed by atoms with Gasteiger partial charge in [-0.1, -0.05) is 48.0 Å². The maximum atomic E-state index is 13.5. The quantitative estimate of drug-likeness (QED) is 0.511. The van der Waals surface area contributed by atoms with E-state index in [1.807, 2.05) is 13.0 Å². The zero-order valence-corrected chi connectivity index (χ0v) is 17.7. The third kappa shape index (κ3) is 4.63. The molecule has 0 heterocycles. The maximum Gasteiger partial charge on any atom is 0.262 e. The molecule has 1 amide bonds. The Balaban J connectivity index is 2.22. The summed E-state index contributed by atoms with van der Waals surface area (Å²) in [5.74, 6) is -0.681. The summed E-state index contributed by atoms with van der Waals surface area (Å²) in [5.41, 5.74) is 2.56. The second-order valence-corrected chi connectivity index (χ2v) is 8.39. The lowest BCUT2D eigenvalue weighted by Gasteiger charge is -2.27. The summed E-state index contributed by atoms with van der Waals surface area (Å²) in [6.07, 6.45) is 1.48. The van der Waals surface area contributed by atoms with Crippen molar-refractivity contribution < 1.29 is 13.8 Å². The second kappa shape index (κ2) is 9.16. The van der Waals surface area contributed by atoms with E-state index < -0.39 is 10.8 Å². The van der Waals surface area contributed by atoms with E-state index in [4.69, 9.17) is 11.6 Å². The molecule has 3 aromatic carbocycles. The highest BCUT2D eigenvalue weighted by Gasteiger charge is 2.26. The Kier molecular flexibility index (Phi) is 6.62. The fourth-order valence-electron chi connectivity index (χ4n) is 3.06. The molecule has 4 nitrogen and oxygen atoms in total. The van der Waals surface area contributed by atoms with Crippen LogP contribution in [0.25, 0.3) is 0 Å². The van der Waals surface area contributed by atoms with Crippen LogP contribution in [0.4, 0.5) is 11.4 Å². The number of halogens is 1. The minimum Gasteiger partial charge on any atom is -0.293 e. The number of amides is 1. The number of rotatable bonds is 6. The molecule has 0 spiro atoms. The second-order valence-electron chi connectivity index (χ2n) is 6.55. The highest BCUT2D eigenvalue weighted by Crippen LogP contribution is 2.35. The SMILES string of the molecule is Cc1c(Cl)cccc1N(C(=O)c1ccccc1)c1ccccc1C(=O)CS(C)=O. The van der Waals surface area contributed by atoms with Crippen LogP contribution in [0.1, 0.15) is 26.3 Å². The van der Waals surface area contributed by atoms with E-state index in [2.05, 4.69) is 0 Å². The van der Waals surface area contributed by atoms with Crippen LogP contribution in [-0.4, -0.2) is 27.9 Å². The summed E-state index contributed by atoms with van der Waals surface area (Å²) in [7, 11) is -1.29. The van der Waals surface area contributed by atoms with Gasteiger partial charge in [-0.25, -0.2) is 0 Å². The van der Waals surface area contributed by atoms with Gasteiger partial charge in [0.2, 0.25) is 0 Å².